The molecule has 6 heteroatoms. The van der Waals surface area contributed by atoms with Crippen molar-refractivity contribution in [1.82, 2.24) is 10.2 Å². The highest BCUT2D eigenvalue weighted by atomic mass is 19.4. The Balaban J connectivity index is 2.81. The van der Waals surface area contributed by atoms with Crippen molar-refractivity contribution in [3.63, 3.8) is 0 Å². The first-order chi connectivity index (χ1) is 5.93. The molecule has 0 radical (unpaired) electrons. The minimum absolute atomic E-state index is 0.0438. The molecule has 0 saturated heterocycles. The van der Waals surface area contributed by atoms with Gasteiger partial charge in [-0.1, -0.05) is 6.58 Å². The van der Waals surface area contributed by atoms with Gasteiger partial charge in [-0.3, -0.25) is 5.10 Å². The van der Waals surface area contributed by atoms with Crippen molar-refractivity contribution in [3.05, 3.63) is 30.1 Å². The molecule has 0 bridgehead atoms. The summed E-state index contributed by atoms with van der Waals surface area (Å²) in [5.74, 6) is 0. The molecule has 1 unspecified atom stereocenters. The lowest BCUT2D eigenvalue weighted by Crippen LogP contribution is -2.17. The predicted molar refractivity (Wildman–Crippen MR) is 38.7 cm³/mol. The van der Waals surface area contributed by atoms with Crippen LogP contribution in [0.1, 0.15) is 11.7 Å². The van der Waals surface area contributed by atoms with E-state index >= 15 is 0 Å². The fourth-order valence-corrected chi connectivity index (χ4v) is 0.767. The number of nitrogens with one attached hydrogen (secondary N) is 1. The summed E-state index contributed by atoms with van der Waals surface area (Å²) in [6, 6.07) is 0. The summed E-state index contributed by atoms with van der Waals surface area (Å²) in [5.41, 5.74) is -1.16. The van der Waals surface area contributed by atoms with E-state index in [0.29, 0.717) is 0 Å². The van der Waals surface area contributed by atoms with Crippen molar-refractivity contribution < 1.29 is 18.3 Å². The average molecular weight is 192 g/mol. The van der Waals surface area contributed by atoms with Crippen LogP contribution in [0.4, 0.5) is 13.2 Å². The number of rotatable bonds is 2. The van der Waals surface area contributed by atoms with Gasteiger partial charge in [-0.25, -0.2) is 0 Å². The monoisotopic (exact) mass is 192 g/mol. The maximum absolute atomic E-state index is 12.0. The molecule has 0 spiro atoms. The van der Waals surface area contributed by atoms with Crippen LogP contribution in [0.2, 0.25) is 0 Å². The van der Waals surface area contributed by atoms with E-state index in [0.717, 1.165) is 6.20 Å². The zero-order chi connectivity index (χ0) is 10.1. The van der Waals surface area contributed by atoms with E-state index in [9.17, 15) is 13.2 Å². The Morgan fingerprint density at radius 2 is 2.23 bits per heavy atom. The van der Waals surface area contributed by atoms with Crippen LogP contribution in [-0.4, -0.2) is 21.5 Å². The molecule has 0 amide bonds. The van der Waals surface area contributed by atoms with Crippen LogP contribution in [0.3, 0.4) is 0 Å². The topological polar surface area (TPSA) is 48.9 Å². The molecule has 0 aliphatic heterocycles. The Morgan fingerprint density at radius 1 is 1.62 bits per heavy atom. The van der Waals surface area contributed by atoms with Crippen LogP contribution in [0.25, 0.3) is 0 Å². The fraction of sp³-hybridized carbons (Fsp3) is 0.286. The quantitative estimate of drug-likeness (QED) is 0.698. The Labute approximate surface area is 71.9 Å². The second-order valence-corrected chi connectivity index (χ2v) is 2.46. The molecular weight excluding hydrogens is 185 g/mol. The van der Waals surface area contributed by atoms with Crippen molar-refractivity contribution in [3.8, 4) is 0 Å². The lowest BCUT2D eigenvalue weighted by atomic mass is 10.1. The molecule has 0 aliphatic carbocycles. The maximum Gasteiger partial charge on any atom is 0.414 e. The van der Waals surface area contributed by atoms with Crippen molar-refractivity contribution in [2.75, 3.05) is 0 Å². The first-order valence-corrected chi connectivity index (χ1v) is 3.35. The summed E-state index contributed by atoms with van der Waals surface area (Å²) in [4.78, 5) is 0. The van der Waals surface area contributed by atoms with Gasteiger partial charge in [-0.05, 0) is 0 Å². The summed E-state index contributed by atoms with van der Waals surface area (Å²) in [5, 5.41) is 14.8. The highest BCUT2D eigenvalue weighted by Crippen LogP contribution is 2.33. The van der Waals surface area contributed by atoms with Gasteiger partial charge in [0.2, 0.25) is 0 Å². The van der Waals surface area contributed by atoms with Crippen LogP contribution >= 0.6 is 0 Å². The number of hydrogen-bond donors (Lipinski definition) is 2. The highest BCUT2D eigenvalue weighted by Gasteiger charge is 2.37. The zero-order valence-electron chi connectivity index (χ0n) is 6.47. The Kier molecular flexibility index (Phi) is 2.42. The lowest BCUT2D eigenvalue weighted by molar-refractivity contribution is -0.105. The molecule has 1 aromatic rings. The first kappa shape index (κ1) is 9.79. The summed E-state index contributed by atoms with van der Waals surface area (Å²) in [7, 11) is 0. The fourth-order valence-electron chi connectivity index (χ4n) is 0.767. The van der Waals surface area contributed by atoms with Crippen LogP contribution in [0.15, 0.2) is 24.5 Å². The number of hydrogen-bond acceptors (Lipinski definition) is 2. The molecular formula is C7H7F3N2O. The second kappa shape index (κ2) is 3.21. The zero-order valence-corrected chi connectivity index (χ0v) is 6.47. The normalized spacial score (nSPS) is 14.2. The number of nitrogens with zero attached hydrogens (tertiary/aromatic N) is 1. The number of halogens is 3. The molecule has 3 nitrogen and oxygen atoms in total. The highest BCUT2D eigenvalue weighted by molar-refractivity contribution is 5.21. The van der Waals surface area contributed by atoms with Gasteiger partial charge in [0, 0.05) is 11.8 Å². The molecule has 13 heavy (non-hydrogen) atoms. The van der Waals surface area contributed by atoms with E-state index < -0.39 is 17.9 Å². The van der Waals surface area contributed by atoms with Gasteiger partial charge in [-0.2, -0.15) is 18.3 Å². The molecule has 1 aromatic heterocycles. The summed E-state index contributed by atoms with van der Waals surface area (Å²) < 4.78 is 36.0. The van der Waals surface area contributed by atoms with Gasteiger partial charge >= 0.3 is 6.18 Å². The molecule has 1 rings (SSSR count). The van der Waals surface area contributed by atoms with Crippen LogP contribution < -0.4 is 0 Å². The van der Waals surface area contributed by atoms with E-state index in [4.69, 9.17) is 5.11 Å². The van der Waals surface area contributed by atoms with Crippen LogP contribution in [-0.2, 0) is 0 Å². The van der Waals surface area contributed by atoms with E-state index in [1.54, 1.807) is 0 Å². The molecule has 0 aromatic carbocycles. The molecule has 72 valence electrons. The third-order valence-corrected chi connectivity index (χ3v) is 1.53. The van der Waals surface area contributed by atoms with Crippen molar-refractivity contribution in [2.24, 2.45) is 0 Å². The third kappa shape index (κ3) is 2.09. The summed E-state index contributed by atoms with van der Waals surface area (Å²) >= 11 is 0. The van der Waals surface area contributed by atoms with Gasteiger partial charge in [0.05, 0.1) is 11.8 Å². The van der Waals surface area contributed by atoms with E-state index in [-0.39, 0.29) is 5.56 Å². The number of aromatic amines is 1. The van der Waals surface area contributed by atoms with E-state index in [2.05, 4.69) is 16.8 Å². The van der Waals surface area contributed by atoms with Crippen LogP contribution in [0.5, 0.6) is 0 Å². The van der Waals surface area contributed by atoms with Crippen LogP contribution in [0, 0.1) is 0 Å². The molecule has 0 saturated carbocycles. The number of alkyl halides is 3. The van der Waals surface area contributed by atoms with Gasteiger partial charge in [0.25, 0.3) is 0 Å². The molecule has 0 aliphatic rings. The Bertz CT molecular complexity index is 291. The van der Waals surface area contributed by atoms with Gasteiger partial charge in [-0.15, -0.1) is 0 Å². The van der Waals surface area contributed by atoms with Gasteiger partial charge < -0.3 is 5.11 Å². The summed E-state index contributed by atoms with van der Waals surface area (Å²) in [6.45, 7) is 2.77. The minimum Gasteiger partial charge on any atom is -0.384 e. The molecule has 0 fully saturated rings. The van der Waals surface area contributed by atoms with E-state index in [1.807, 2.05) is 0 Å². The maximum atomic E-state index is 12.0. The number of aliphatic hydroxyl groups excluding tert-OH is 1. The van der Waals surface area contributed by atoms with E-state index in [1.165, 1.54) is 6.20 Å². The largest absolute Gasteiger partial charge is 0.414 e. The van der Waals surface area contributed by atoms with Gasteiger partial charge in [0.15, 0.2) is 0 Å². The first-order valence-electron chi connectivity index (χ1n) is 3.35. The van der Waals surface area contributed by atoms with Crippen molar-refractivity contribution in [1.29, 1.82) is 0 Å². The van der Waals surface area contributed by atoms with Crippen molar-refractivity contribution >= 4 is 0 Å². The summed E-state index contributed by atoms with van der Waals surface area (Å²) in [6.07, 6.45) is -4.04. The third-order valence-electron chi connectivity index (χ3n) is 1.53. The lowest BCUT2D eigenvalue weighted by Gasteiger charge is -2.14. The smallest absolute Gasteiger partial charge is 0.384 e. The van der Waals surface area contributed by atoms with Crippen molar-refractivity contribution in [2.45, 2.75) is 12.3 Å². The van der Waals surface area contributed by atoms with Gasteiger partial charge in [0.1, 0.15) is 6.10 Å². The second-order valence-electron chi connectivity index (χ2n) is 2.46. The Hall–Kier alpha value is -1.30. The molecule has 2 N–H and O–H groups in total. The Morgan fingerprint density at radius 3 is 2.62 bits per heavy atom. The average Bonchev–Trinajstić information content (AvgIpc) is 2.51. The number of aliphatic hydroxyl groups is 1. The number of H-pyrrole nitrogens is 1. The SMILES string of the molecule is C=C(C(O)c1cn[nH]c1)C(F)(F)F. The minimum atomic E-state index is -4.59. The molecule has 1 atom stereocenters. The standard InChI is InChI=1S/C7H7F3N2O/c1-4(7(8,9)10)6(13)5-2-11-12-3-5/h2-3,6,13H,1H2,(H,11,12). The number of aromatic nitrogens is 2. The molecule has 1 heterocycles. The predicted octanol–water partition coefficient (Wildman–Crippen LogP) is 1.56.